The van der Waals surface area contributed by atoms with Crippen molar-refractivity contribution < 1.29 is 8.91 Å². The topological polar surface area (TPSA) is 64.9 Å². The molecule has 0 spiro atoms. The standard InChI is InChI=1S/C10H10FN3O/c1-6(12)10-13-9(14-15-10)7-2-4-8(11)5-3-7/h2-6H,12H2,1H3/t6-/m0/s1. The van der Waals surface area contributed by atoms with Gasteiger partial charge in [0.1, 0.15) is 5.82 Å². The predicted octanol–water partition coefficient (Wildman–Crippen LogP) is 1.90. The maximum Gasteiger partial charge on any atom is 0.243 e. The molecular formula is C10H10FN3O. The van der Waals surface area contributed by atoms with Crippen LogP contribution in [0.1, 0.15) is 18.9 Å². The molecule has 0 bridgehead atoms. The SMILES string of the molecule is C[C@H](N)c1nc(-c2ccc(F)cc2)no1. The first-order valence-corrected chi connectivity index (χ1v) is 4.52. The van der Waals surface area contributed by atoms with Crippen LogP contribution >= 0.6 is 0 Å². The van der Waals surface area contributed by atoms with Gasteiger partial charge in [0.25, 0.3) is 0 Å². The highest BCUT2D eigenvalue weighted by atomic mass is 19.1. The van der Waals surface area contributed by atoms with E-state index in [-0.39, 0.29) is 11.9 Å². The molecule has 2 rings (SSSR count). The Balaban J connectivity index is 2.33. The molecule has 2 aromatic rings. The van der Waals surface area contributed by atoms with Gasteiger partial charge < -0.3 is 10.3 Å². The van der Waals surface area contributed by atoms with Gasteiger partial charge >= 0.3 is 0 Å². The fraction of sp³-hybridized carbons (Fsp3) is 0.200. The quantitative estimate of drug-likeness (QED) is 0.816. The molecule has 1 aromatic heterocycles. The molecule has 4 nitrogen and oxygen atoms in total. The molecule has 2 N–H and O–H groups in total. The summed E-state index contributed by atoms with van der Waals surface area (Å²) in [5.41, 5.74) is 6.27. The lowest BCUT2D eigenvalue weighted by molar-refractivity contribution is 0.362. The van der Waals surface area contributed by atoms with Crippen LogP contribution < -0.4 is 5.73 Å². The molecule has 0 fully saturated rings. The Kier molecular flexibility index (Phi) is 2.47. The highest BCUT2D eigenvalue weighted by Gasteiger charge is 2.11. The first-order chi connectivity index (χ1) is 7.16. The molecule has 0 saturated heterocycles. The summed E-state index contributed by atoms with van der Waals surface area (Å²) in [7, 11) is 0. The lowest BCUT2D eigenvalue weighted by atomic mass is 10.2. The number of rotatable bonds is 2. The molecule has 1 aromatic carbocycles. The second-order valence-corrected chi connectivity index (χ2v) is 3.25. The van der Waals surface area contributed by atoms with Crippen molar-refractivity contribution in [2.24, 2.45) is 5.73 Å². The van der Waals surface area contributed by atoms with Gasteiger partial charge in [0.2, 0.25) is 11.7 Å². The van der Waals surface area contributed by atoms with Crippen LogP contribution in [-0.4, -0.2) is 10.1 Å². The zero-order chi connectivity index (χ0) is 10.8. The van der Waals surface area contributed by atoms with Crippen molar-refractivity contribution in [3.8, 4) is 11.4 Å². The second-order valence-electron chi connectivity index (χ2n) is 3.25. The van der Waals surface area contributed by atoms with Gasteiger partial charge in [-0.3, -0.25) is 0 Å². The van der Waals surface area contributed by atoms with Gasteiger partial charge in [0.05, 0.1) is 6.04 Å². The lowest BCUT2D eigenvalue weighted by Crippen LogP contribution is -2.04. The maximum atomic E-state index is 12.7. The van der Waals surface area contributed by atoms with Crippen LogP contribution in [0.3, 0.4) is 0 Å². The average molecular weight is 207 g/mol. The maximum absolute atomic E-state index is 12.7. The van der Waals surface area contributed by atoms with Crippen molar-refractivity contribution in [3.63, 3.8) is 0 Å². The molecule has 0 saturated carbocycles. The number of hydrogen-bond acceptors (Lipinski definition) is 4. The second kappa shape index (κ2) is 3.78. The smallest absolute Gasteiger partial charge is 0.243 e. The van der Waals surface area contributed by atoms with E-state index < -0.39 is 0 Å². The summed E-state index contributed by atoms with van der Waals surface area (Å²) in [6.45, 7) is 1.75. The van der Waals surface area contributed by atoms with Crippen LogP contribution in [0.2, 0.25) is 0 Å². The van der Waals surface area contributed by atoms with E-state index in [2.05, 4.69) is 10.1 Å². The van der Waals surface area contributed by atoms with Crippen LogP contribution in [0.4, 0.5) is 4.39 Å². The average Bonchev–Trinajstić information content (AvgIpc) is 2.68. The van der Waals surface area contributed by atoms with Crippen molar-refractivity contribution in [3.05, 3.63) is 36.0 Å². The normalized spacial score (nSPS) is 12.7. The number of nitrogens with two attached hydrogens (primary N) is 1. The van der Waals surface area contributed by atoms with Crippen LogP contribution in [0, 0.1) is 5.82 Å². The molecule has 0 aliphatic rings. The number of nitrogens with zero attached hydrogens (tertiary/aromatic N) is 2. The summed E-state index contributed by atoms with van der Waals surface area (Å²) in [6, 6.07) is 5.57. The summed E-state index contributed by atoms with van der Waals surface area (Å²) in [6.07, 6.45) is 0. The number of aromatic nitrogens is 2. The van der Waals surface area contributed by atoms with E-state index in [1.807, 2.05) is 0 Å². The summed E-state index contributed by atoms with van der Waals surface area (Å²) in [5, 5.41) is 3.75. The molecule has 0 aliphatic carbocycles. The van der Waals surface area contributed by atoms with E-state index in [1.54, 1.807) is 19.1 Å². The molecular weight excluding hydrogens is 197 g/mol. The van der Waals surface area contributed by atoms with Crippen molar-refractivity contribution >= 4 is 0 Å². The van der Waals surface area contributed by atoms with Gasteiger partial charge in [0.15, 0.2) is 0 Å². The van der Waals surface area contributed by atoms with Crippen molar-refractivity contribution in [1.82, 2.24) is 10.1 Å². The highest BCUT2D eigenvalue weighted by molar-refractivity contribution is 5.53. The molecule has 0 aliphatic heterocycles. The Morgan fingerprint density at radius 2 is 2.00 bits per heavy atom. The van der Waals surface area contributed by atoms with E-state index in [0.29, 0.717) is 17.3 Å². The minimum absolute atomic E-state index is 0.297. The number of hydrogen-bond donors (Lipinski definition) is 1. The number of halogens is 1. The van der Waals surface area contributed by atoms with Gasteiger partial charge in [-0.05, 0) is 31.2 Å². The third-order valence-corrected chi connectivity index (χ3v) is 1.93. The van der Waals surface area contributed by atoms with Gasteiger partial charge in [-0.25, -0.2) is 4.39 Å². The Morgan fingerprint density at radius 1 is 1.33 bits per heavy atom. The van der Waals surface area contributed by atoms with Crippen molar-refractivity contribution in [1.29, 1.82) is 0 Å². The molecule has 0 amide bonds. The number of benzene rings is 1. The fourth-order valence-corrected chi connectivity index (χ4v) is 1.14. The third-order valence-electron chi connectivity index (χ3n) is 1.93. The first-order valence-electron chi connectivity index (χ1n) is 4.52. The van der Waals surface area contributed by atoms with E-state index in [0.717, 1.165) is 0 Å². The zero-order valence-electron chi connectivity index (χ0n) is 8.14. The van der Waals surface area contributed by atoms with Crippen molar-refractivity contribution in [2.45, 2.75) is 13.0 Å². The first kappa shape index (κ1) is 9.79. The van der Waals surface area contributed by atoms with Gasteiger partial charge in [-0.1, -0.05) is 5.16 Å². The molecule has 0 radical (unpaired) electrons. The van der Waals surface area contributed by atoms with Crippen LogP contribution in [-0.2, 0) is 0 Å². The Bertz CT molecular complexity index is 450. The lowest BCUT2D eigenvalue weighted by Gasteiger charge is -1.94. The van der Waals surface area contributed by atoms with E-state index in [9.17, 15) is 4.39 Å². The minimum atomic E-state index is -0.299. The summed E-state index contributed by atoms with van der Waals surface area (Å²) in [5.74, 6) is 0.492. The van der Waals surface area contributed by atoms with Crippen LogP contribution in [0.25, 0.3) is 11.4 Å². The Hall–Kier alpha value is -1.75. The van der Waals surface area contributed by atoms with Crippen molar-refractivity contribution in [2.75, 3.05) is 0 Å². The van der Waals surface area contributed by atoms with E-state index >= 15 is 0 Å². The van der Waals surface area contributed by atoms with E-state index in [1.165, 1.54) is 12.1 Å². The molecule has 15 heavy (non-hydrogen) atoms. The van der Waals surface area contributed by atoms with Crippen LogP contribution in [0.5, 0.6) is 0 Å². The molecule has 0 unspecified atom stereocenters. The molecule has 1 heterocycles. The molecule has 1 atom stereocenters. The minimum Gasteiger partial charge on any atom is -0.337 e. The Morgan fingerprint density at radius 3 is 2.53 bits per heavy atom. The zero-order valence-corrected chi connectivity index (χ0v) is 8.14. The largest absolute Gasteiger partial charge is 0.337 e. The Labute approximate surface area is 85.9 Å². The highest BCUT2D eigenvalue weighted by Crippen LogP contribution is 2.17. The summed E-state index contributed by atoms with van der Waals surface area (Å²) >= 11 is 0. The van der Waals surface area contributed by atoms with Gasteiger partial charge in [-0.2, -0.15) is 4.98 Å². The van der Waals surface area contributed by atoms with Crippen LogP contribution in [0.15, 0.2) is 28.8 Å². The van der Waals surface area contributed by atoms with Gasteiger partial charge in [-0.15, -0.1) is 0 Å². The summed E-state index contributed by atoms with van der Waals surface area (Å²) in [4.78, 5) is 4.08. The monoisotopic (exact) mass is 207 g/mol. The van der Waals surface area contributed by atoms with Gasteiger partial charge in [0, 0.05) is 5.56 Å². The van der Waals surface area contributed by atoms with E-state index in [4.69, 9.17) is 10.3 Å². The molecule has 5 heteroatoms. The molecule has 78 valence electrons. The predicted molar refractivity (Wildman–Crippen MR) is 52.3 cm³/mol. The summed E-state index contributed by atoms with van der Waals surface area (Å²) < 4.78 is 17.6. The third kappa shape index (κ3) is 2.02. The fourth-order valence-electron chi connectivity index (χ4n) is 1.14.